The van der Waals surface area contributed by atoms with Gasteiger partial charge in [-0.3, -0.25) is 0 Å². The van der Waals surface area contributed by atoms with Gasteiger partial charge >= 0.3 is 0 Å². The Morgan fingerprint density at radius 1 is 1.69 bits per heavy atom. The van der Waals surface area contributed by atoms with Crippen LogP contribution in [0.15, 0.2) is 17.6 Å². The van der Waals surface area contributed by atoms with E-state index in [1.165, 1.54) is 0 Å². The van der Waals surface area contributed by atoms with Gasteiger partial charge < -0.3 is 10.3 Å². The van der Waals surface area contributed by atoms with Gasteiger partial charge in [0.25, 0.3) is 0 Å². The number of aromatic amines is 1. The highest BCUT2D eigenvalue weighted by Crippen LogP contribution is 2.20. The SMILES string of the molecule is CCC(C#N)(CCCSc1ncc[nH]1)NC. The Morgan fingerprint density at radius 2 is 2.50 bits per heavy atom. The summed E-state index contributed by atoms with van der Waals surface area (Å²) < 4.78 is 0. The number of thioether (sulfide) groups is 1. The highest BCUT2D eigenvalue weighted by Gasteiger charge is 2.24. The van der Waals surface area contributed by atoms with Crippen molar-refractivity contribution >= 4 is 11.8 Å². The lowest BCUT2D eigenvalue weighted by Gasteiger charge is -2.24. The van der Waals surface area contributed by atoms with Crippen molar-refractivity contribution in [2.45, 2.75) is 36.9 Å². The normalized spacial score (nSPS) is 14.3. The van der Waals surface area contributed by atoms with Crippen molar-refractivity contribution in [2.75, 3.05) is 12.8 Å². The molecule has 0 radical (unpaired) electrons. The van der Waals surface area contributed by atoms with E-state index in [1.807, 2.05) is 20.2 Å². The van der Waals surface area contributed by atoms with Gasteiger partial charge in [0.15, 0.2) is 5.16 Å². The van der Waals surface area contributed by atoms with Gasteiger partial charge in [-0.25, -0.2) is 4.98 Å². The molecule has 0 aliphatic rings. The van der Waals surface area contributed by atoms with Gasteiger partial charge in [-0.1, -0.05) is 18.7 Å². The number of hydrogen-bond donors (Lipinski definition) is 2. The van der Waals surface area contributed by atoms with Crippen LogP contribution < -0.4 is 5.32 Å². The Kier molecular flexibility index (Phi) is 5.36. The Bertz CT molecular complexity index is 324. The maximum Gasteiger partial charge on any atom is 0.165 e. The fourth-order valence-electron chi connectivity index (χ4n) is 1.54. The Morgan fingerprint density at radius 3 is 3.00 bits per heavy atom. The zero-order valence-electron chi connectivity index (χ0n) is 9.79. The van der Waals surface area contributed by atoms with Gasteiger partial charge in [-0.05, 0) is 26.3 Å². The minimum absolute atomic E-state index is 0.357. The van der Waals surface area contributed by atoms with Crippen molar-refractivity contribution in [3.8, 4) is 6.07 Å². The first kappa shape index (κ1) is 13.1. The molecule has 0 aliphatic carbocycles. The molecule has 16 heavy (non-hydrogen) atoms. The lowest BCUT2D eigenvalue weighted by Crippen LogP contribution is -2.40. The first-order chi connectivity index (χ1) is 7.76. The topological polar surface area (TPSA) is 64.5 Å². The molecule has 5 heteroatoms. The summed E-state index contributed by atoms with van der Waals surface area (Å²) in [4.78, 5) is 7.19. The van der Waals surface area contributed by atoms with Crippen LogP contribution in [0, 0.1) is 11.3 Å². The van der Waals surface area contributed by atoms with Gasteiger partial charge in [0.2, 0.25) is 0 Å². The number of imidazole rings is 1. The quantitative estimate of drug-likeness (QED) is 0.564. The van der Waals surface area contributed by atoms with E-state index in [1.54, 1.807) is 18.0 Å². The van der Waals surface area contributed by atoms with Gasteiger partial charge in [0, 0.05) is 18.1 Å². The van der Waals surface area contributed by atoms with Crippen molar-refractivity contribution in [1.82, 2.24) is 15.3 Å². The van der Waals surface area contributed by atoms with E-state index < -0.39 is 0 Å². The molecule has 0 bridgehead atoms. The monoisotopic (exact) mass is 238 g/mol. The molecule has 2 N–H and O–H groups in total. The van der Waals surface area contributed by atoms with E-state index in [4.69, 9.17) is 5.26 Å². The molecule has 0 saturated carbocycles. The van der Waals surface area contributed by atoms with Crippen molar-refractivity contribution in [2.24, 2.45) is 0 Å². The fourth-order valence-corrected chi connectivity index (χ4v) is 2.31. The van der Waals surface area contributed by atoms with Gasteiger partial charge in [-0.15, -0.1) is 0 Å². The van der Waals surface area contributed by atoms with Gasteiger partial charge in [-0.2, -0.15) is 5.26 Å². The number of nitrogens with one attached hydrogen (secondary N) is 2. The molecule has 1 atom stereocenters. The number of nitrogens with zero attached hydrogens (tertiary/aromatic N) is 2. The standard InChI is InChI=1S/C11H18N4S/c1-3-11(9-12,13-2)5-4-8-16-10-14-6-7-15-10/h6-7,13H,3-5,8H2,1-2H3,(H,14,15). The summed E-state index contributed by atoms with van der Waals surface area (Å²) in [7, 11) is 1.85. The second-order valence-corrected chi connectivity index (χ2v) is 4.73. The van der Waals surface area contributed by atoms with Crippen LogP contribution >= 0.6 is 11.8 Å². The second-order valence-electron chi connectivity index (χ2n) is 3.64. The average Bonchev–Trinajstić information content (AvgIpc) is 2.83. The molecule has 1 rings (SSSR count). The summed E-state index contributed by atoms with van der Waals surface area (Å²) in [6.45, 7) is 2.04. The van der Waals surface area contributed by atoms with Gasteiger partial charge in [0.1, 0.15) is 5.54 Å². The third-order valence-electron chi connectivity index (χ3n) is 2.76. The van der Waals surface area contributed by atoms with Crippen LogP contribution in [-0.4, -0.2) is 28.3 Å². The molecular formula is C11H18N4S. The van der Waals surface area contributed by atoms with Crippen LogP contribution in [0.3, 0.4) is 0 Å². The first-order valence-corrected chi connectivity index (χ1v) is 6.47. The van der Waals surface area contributed by atoms with Crippen molar-refractivity contribution < 1.29 is 0 Å². The first-order valence-electron chi connectivity index (χ1n) is 5.48. The van der Waals surface area contributed by atoms with Crippen molar-refractivity contribution in [3.05, 3.63) is 12.4 Å². The van der Waals surface area contributed by atoms with Crippen molar-refractivity contribution in [3.63, 3.8) is 0 Å². The lowest BCUT2D eigenvalue weighted by atomic mass is 9.93. The molecule has 1 aromatic rings. The Hall–Kier alpha value is -0.990. The molecule has 1 aromatic heterocycles. The minimum atomic E-state index is -0.357. The third kappa shape index (κ3) is 3.54. The molecule has 0 aliphatic heterocycles. The maximum absolute atomic E-state index is 9.12. The summed E-state index contributed by atoms with van der Waals surface area (Å²) in [5.41, 5.74) is -0.357. The zero-order valence-corrected chi connectivity index (χ0v) is 10.6. The highest BCUT2D eigenvalue weighted by molar-refractivity contribution is 7.99. The summed E-state index contributed by atoms with van der Waals surface area (Å²) in [6, 6.07) is 2.36. The van der Waals surface area contributed by atoms with E-state index in [9.17, 15) is 0 Å². The maximum atomic E-state index is 9.12. The smallest absolute Gasteiger partial charge is 0.165 e. The van der Waals surface area contributed by atoms with Crippen LogP contribution in [0.4, 0.5) is 0 Å². The molecule has 1 heterocycles. The van der Waals surface area contributed by atoms with Crippen LogP contribution in [0.1, 0.15) is 26.2 Å². The van der Waals surface area contributed by atoms with E-state index in [-0.39, 0.29) is 5.54 Å². The molecule has 0 aromatic carbocycles. The number of H-pyrrole nitrogens is 1. The van der Waals surface area contributed by atoms with Crippen molar-refractivity contribution in [1.29, 1.82) is 5.26 Å². The predicted molar refractivity (Wildman–Crippen MR) is 66.2 cm³/mol. The largest absolute Gasteiger partial charge is 0.340 e. The molecule has 1 unspecified atom stereocenters. The number of nitriles is 1. The van der Waals surface area contributed by atoms with Crippen LogP contribution in [-0.2, 0) is 0 Å². The third-order valence-corrected chi connectivity index (χ3v) is 3.75. The summed E-state index contributed by atoms with van der Waals surface area (Å²) in [5.74, 6) is 0.985. The van der Waals surface area contributed by atoms with E-state index in [2.05, 4.69) is 21.4 Å². The molecule has 0 saturated heterocycles. The molecule has 0 spiro atoms. The molecule has 0 fully saturated rings. The fraction of sp³-hybridized carbons (Fsp3) is 0.636. The molecule has 88 valence electrons. The predicted octanol–water partition coefficient (Wildman–Crippen LogP) is 2.17. The van der Waals surface area contributed by atoms with Crippen LogP contribution in [0.2, 0.25) is 0 Å². The summed E-state index contributed by atoms with van der Waals surface area (Å²) in [6.07, 6.45) is 6.30. The second kappa shape index (κ2) is 6.56. The minimum Gasteiger partial charge on any atom is -0.340 e. The van der Waals surface area contributed by atoms with Crippen LogP contribution in [0.25, 0.3) is 0 Å². The molecule has 4 nitrogen and oxygen atoms in total. The summed E-state index contributed by atoms with van der Waals surface area (Å²) in [5, 5.41) is 13.2. The lowest BCUT2D eigenvalue weighted by molar-refractivity contribution is 0.400. The van der Waals surface area contributed by atoms with E-state index >= 15 is 0 Å². The molecular weight excluding hydrogens is 220 g/mol. The number of rotatable bonds is 7. The number of hydrogen-bond acceptors (Lipinski definition) is 4. The number of aromatic nitrogens is 2. The Labute approximate surface area is 101 Å². The van der Waals surface area contributed by atoms with Gasteiger partial charge in [0.05, 0.1) is 6.07 Å². The highest BCUT2D eigenvalue weighted by atomic mass is 32.2. The van der Waals surface area contributed by atoms with E-state index in [0.717, 1.165) is 30.2 Å². The zero-order chi connectivity index (χ0) is 11.9. The molecule has 0 amide bonds. The Balaban J connectivity index is 2.27. The summed E-state index contributed by atoms with van der Waals surface area (Å²) >= 11 is 1.70. The van der Waals surface area contributed by atoms with E-state index in [0.29, 0.717) is 0 Å². The van der Waals surface area contributed by atoms with Crippen LogP contribution in [0.5, 0.6) is 0 Å². The average molecular weight is 238 g/mol.